The second-order valence-corrected chi connectivity index (χ2v) is 5.56. The Hall–Kier alpha value is -2.00. The predicted octanol–water partition coefficient (Wildman–Crippen LogP) is -0.307. The number of aromatic amines is 1. The Kier molecular flexibility index (Phi) is 4.07. The maximum Gasteiger partial charge on any atom is 0.244 e. The number of anilines is 1. The Morgan fingerprint density at radius 2 is 2.21 bits per heavy atom. The summed E-state index contributed by atoms with van der Waals surface area (Å²) in [4.78, 5) is 7.69. The van der Waals surface area contributed by atoms with Crippen molar-refractivity contribution in [2.45, 2.75) is 17.7 Å². The van der Waals surface area contributed by atoms with Crippen LogP contribution in [0.25, 0.3) is 0 Å². The maximum absolute atomic E-state index is 11.9. The third kappa shape index (κ3) is 3.48. The summed E-state index contributed by atoms with van der Waals surface area (Å²) in [5.74, 6) is 0.713. The van der Waals surface area contributed by atoms with E-state index >= 15 is 0 Å². The highest BCUT2D eigenvalue weighted by molar-refractivity contribution is 7.89. The highest BCUT2D eigenvalue weighted by Gasteiger charge is 2.16. The molecule has 2 heterocycles. The average Bonchev–Trinajstić information content (AvgIpc) is 2.88. The lowest BCUT2D eigenvalue weighted by Gasteiger charge is -2.07. The van der Waals surface area contributed by atoms with Crippen molar-refractivity contribution in [2.75, 3.05) is 12.3 Å². The van der Waals surface area contributed by atoms with Crippen molar-refractivity contribution >= 4 is 15.8 Å². The van der Waals surface area contributed by atoms with Gasteiger partial charge in [-0.15, -0.1) is 0 Å². The first-order valence-corrected chi connectivity index (χ1v) is 7.12. The molecule has 0 fully saturated rings. The normalized spacial score (nSPS) is 11.6. The number of sulfonamides is 1. The van der Waals surface area contributed by atoms with E-state index in [9.17, 15) is 8.42 Å². The van der Waals surface area contributed by atoms with Crippen LogP contribution in [0.3, 0.4) is 0 Å². The smallest absolute Gasteiger partial charge is 0.244 e. The van der Waals surface area contributed by atoms with Gasteiger partial charge >= 0.3 is 0 Å². The summed E-state index contributed by atoms with van der Waals surface area (Å²) in [6.45, 7) is 0.289. The quantitative estimate of drug-likeness (QED) is 0.624. The van der Waals surface area contributed by atoms with Crippen molar-refractivity contribution in [3.63, 3.8) is 0 Å². The van der Waals surface area contributed by atoms with Crippen LogP contribution in [0.5, 0.6) is 0 Å². The topological polar surface area (TPSA) is 127 Å². The molecule has 0 spiro atoms. The van der Waals surface area contributed by atoms with Crippen LogP contribution in [-0.4, -0.2) is 35.1 Å². The number of H-pyrrole nitrogens is 1. The summed E-state index contributed by atoms with van der Waals surface area (Å²) in [5.41, 5.74) is 5.53. The molecule has 0 aromatic carbocycles. The predicted molar refractivity (Wildman–Crippen MR) is 68.5 cm³/mol. The van der Waals surface area contributed by atoms with Gasteiger partial charge in [-0.2, -0.15) is 5.10 Å². The fourth-order valence-corrected chi connectivity index (χ4v) is 2.68. The second-order valence-electron chi connectivity index (χ2n) is 3.82. The Bertz CT molecular complexity index is 625. The summed E-state index contributed by atoms with van der Waals surface area (Å²) >= 11 is 0. The van der Waals surface area contributed by atoms with Gasteiger partial charge in [-0.25, -0.2) is 23.1 Å². The molecule has 0 radical (unpaired) electrons. The van der Waals surface area contributed by atoms with Gasteiger partial charge in [0.05, 0.1) is 0 Å². The van der Waals surface area contributed by atoms with E-state index in [2.05, 4.69) is 24.9 Å². The van der Waals surface area contributed by atoms with Crippen LogP contribution in [0.15, 0.2) is 29.6 Å². The molecule has 0 saturated heterocycles. The molecule has 19 heavy (non-hydrogen) atoms. The van der Waals surface area contributed by atoms with Gasteiger partial charge in [0.25, 0.3) is 0 Å². The van der Waals surface area contributed by atoms with Crippen LogP contribution in [0.2, 0.25) is 0 Å². The number of pyridine rings is 1. The number of nitrogens with zero attached hydrogens (tertiary/aromatic N) is 3. The average molecular weight is 282 g/mol. The van der Waals surface area contributed by atoms with Gasteiger partial charge in [0.1, 0.15) is 22.9 Å². The Morgan fingerprint density at radius 3 is 2.89 bits per heavy atom. The summed E-state index contributed by atoms with van der Waals surface area (Å²) in [7, 11) is -3.62. The first-order valence-electron chi connectivity index (χ1n) is 5.64. The summed E-state index contributed by atoms with van der Waals surface area (Å²) < 4.78 is 26.4. The lowest BCUT2D eigenvalue weighted by atomic mass is 10.3. The fourth-order valence-electron chi connectivity index (χ4n) is 1.52. The molecule has 9 heteroatoms. The molecule has 2 aromatic rings. The van der Waals surface area contributed by atoms with Gasteiger partial charge in [0.2, 0.25) is 10.0 Å². The molecule has 0 bridgehead atoms. The molecule has 8 nitrogen and oxygen atoms in total. The summed E-state index contributed by atoms with van der Waals surface area (Å²) in [6, 6.07) is 2.94. The van der Waals surface area contributed by atoms with E-state index in [1.54, 1.807) is 0 Å². The van der Waals surface area contributed by atoms with Crippen LogP contribution in [0.1, 0.15) is 12.2 Å². The molecule has 0 saturated carbocycles. The van der Waals surface area contributed by atoms with Crippen molar-refractivity contribution in [3.8, 4) is 0 Å². The Labute approximate surface area is 110 Å². The monoisotopic (exact) mass is 282 g/mol. The van der Waals surface area contributed by atoms with Gasteiger partial charge in [-0.1, -0.05) is 0 Å². The SMILES string of the molecule is Nc1ncccc1S(=O)(=O)NCCCc1ncn[nH]1. The van der Waals surface area contributed by atoms with E-state index in [4.69, 9.17) is 5.73 Å². The van der Waals surface area contributed by atoms with Gasteiger partial charge in [0.15, 0.2) is 0 Å². The molecular formula is C10H14N6O2S. The van der Waals surface area contributed by atoms with Crippen LogP contribution in [0.4, 0.5) is 5.82 Å². The molecule has 0 aliphatic rings. The number of aryl methyl sites for hydroxylation is 1. The van der Waals surface area contributed by atoms with E-state index in [1.807, 2.05) is 0 Å². The Balaban J connectivity index is 1.90. The van der Waals surface area contributed by atoms with Crippen LogP contribution < -0.4 is 10.5 Å². The highest BCUT2D eigenvalue weighted by Crippen LogP contribution is 2.13. The molecule has 0 atom stereocenters. The van der Waals surface area contributed by atoms with E-state index in [1.165, 1.54) is 24.7 Å². The van der Waals surface area contributed by atoms with Gasteiger partial charge < -0.3 is 5.73 Å². The third-order valence-electron chi connectivity index (χ3n) is 2.44. The van der Waals surface area contributed by atoms with Crippen LogP contribution in [0, 0.1) is 0 Å². The molecule has 0 amide bonds. The second kappa shape index (κ2) is 5.76. The number of rotatable bonds is 6. The summed E-state index contributed by atoms with van der Waals surface area (Å²) in [6.07, 6.45) is 4.08. The zero-order valence-electron chi connectivity index (χ0n) is 10.1. The van der Waals surface area contributed by atoms with Crippen molar-refractivity contribution in [3.05, 3.63) is 30.5 Å². The zero-order valence-corrected chi connectivity index (χ0v) is 10.9. The van der Waals surface area contributed by atoms with Gasteiger partial charge in [-0.3, -0.25) is 5.10 Å². The summed E-state index contributed by atoms with van der Waals surface area (Å²) in [5, 5.41) is 6.42. The standard InChI is InChI=1S/C10H14N6O2S/c11-10-8(3-1-5-12-10)19(17,18)15-6-2-4-9-13-7-14-16-9/h1,3,5,7,15H,2,4,6H2,(H2,11,12)(H,13,14,16). The zero-order chi connectivity index (χ0) is 13.7. The fraction of sp³-hybridized carbons (Fsp3) is 0.300. The lowest BCUT2D eigenvalue weighted by molar-refractivity contribution is 0.578. The molecule has 4 N–H and O–H groups in total. The lowest BCUT2D eigenvalue weighted by Crippen LogP contribution is -2.26. The van der Waals surface area contributed by atoms with Gasteiger partial charge in [0, 0.05) is 19.2 Å². The molecule has 2 rings (SSSR count). The van der Waals surface area contributed by atoms with E-state index in [0.717, 1.165) is 5.82 Å². The number of nitrogens with one attached hydrogen (secondary N) is 2. The van der Waals surface area contributed by atoms with Gasteiger partial charge in [-0.05, 0) is 18.6 Å². The van der Waals surface area contributed by atoms with E-state index in [-0.39, 0.29) is 17.3 Å². The van der Waals surface area contributed by atoms with Crippen LogP contribution in [-0.2, 0) is 16.4 Å². The number of nitrogens with two attached hydrogens (primary N) is 1. The molecule has 0 aliphatic carbocycles. The first kappa shape index (κ1) is 13.4. The van der Waals surface area contributed by atoms with E-state index in [0.29, 0.717) is 12.8 Å². The Morgan fingerprint density at radius 1 is 1.37 bits per heavy atom. The number of hydrogen-bond donors (Lipinski definition) is 3. The molecule has 2 aromatic heterocycles. The third-order valence-corrected chi connectivity index (χ3v) is 3.95. The number of hydrogen-bond acceptors (Lipinski definition) is 6. The minimum absolute atomic E-state index is 0.00494. The van der Waals surface area contributed by atoms with Crippen LogP contribution >= 0.6 is 0 Å². The molecule has 0 aliphatic heterocycles. The minimum Gasteiger partial charge on any atom is -0.383 e. The van der Waals surface area contributed by atoms with Crippen molar-refractivity contribution in [2.24, 2.45) is 0 Å². The number of aromatic nitrogens is 4. The van der Waals surface area contributed by atoms with Crippen molar-refractivity contribution < 1.29 is 8.42 Å². The molecule has 0 unspecified atom stereocenters. The molecular weight excluding hydrogens is 268 g/mol. The highest BCUT2D eigenvalue weighted by atomic mass is 32.2. The minimum atomic E-state index is -3.62. The maximum atomic E-state index is 11.9. The van der Waals surface area contributed by atoms with Crippen molar-refractivity contribution in [1.29, 1.82) is 0 Å². The molecule has 102 valence electrons. The number of nitrogen functional groups attached to an aromatic ring is 1. The van der Waals surface area contributed by atoms with Crippen molar-refractivity contribution in [1.82, 2.24) is 24.9 Å². The largest absolute Gasteiger partial charge is 0.383 e. The first-order chi connectivity index (χ1) is 9.09. The van der Waals surface area contributed by atoms with E-state index < -0.39 is 10.0 Å².